The number of piperazine rings is 1. The molecule has 2 aliphatic heterocycles. The molecule has 0 unspecified atom stereocenters. The van der Waals surface area contributed by atoms with Crippen molar-refractivity contribution in [2.45, 2.75) is 6.04 Å². The van der Waals surface area contributed by atoms with Gasteiger partial charge in [0, 0.05) is 45.3 Å². The summed E-state index contributed by atoms with van der Waals surface area (Å²) in [6.07, 6.45) is 0. The number of benzene rings is 1. The number of hydrogen-bond donors (Lipinski definition) is 1. The normalized spacial score (nSPS) is 22.5. The van der Waals surface area contributed by atoms with Gasteiger partial charge >= 0.3 is 0 Å². The van der Waals surface area contributed by atoms with Crippen molar-refractivity contribution in [2.75, 3.05) is 44.2 Å². The maximum absolute atomic E-state index is 6.20. The zero-order valence-electron chi connectivity index (χ0n) is 9.90. The summed E-state index contributed by atoms with van der Waals surface area (Å²) in [7, 11) is 0. The number of nitrogens with one attached hydrogen (secondary N) is 1. The molecule has 0 aliphatic carbocycles. The van der Waals surface area contributed by atoms with Crippen LogP contribution in [-0.2, 0) is 0 Å². The third-order valence-corrected chi connectivity index (χ3v) is 4.04. The van der Waals surface area contributed by atoms with Gasteiger partial charge in [-0.15, -0.1) is 0 Å². The molecule has 3 nitrogen and oxygen atoms in total. The summed E-state index contributed by atoms with van der Waals surface area (Å²) in [6.45, 7) is 6.85. The first kappa shape index (κ1) is 11.3. The Morgan fingerprint density at radius 2 is 1.82 bits per heavy atom. The van der Waals surface area contributed by atoms with E-state index in [0.29, 0.717) is 6.04 Å². The standard InChI is InChI=1S/C13H18ClN3/c14-12-3-1-2-4-13(12)17-9-11(10-17)16-7-5-15-6-8-16/h1-4,11,15H,5-10H2. The summed E-state index contributed by atoms with van der Waals surface area (Å²) in [6, 6.07) is 8.83. The highest BCUT2D eigenvalue weighted by molar-refractivity contribution is 6.33. The van der Waals surface area contributed by atoms with Crippen molar-refractivity contribution in [3.63, 3.8) is 0 Å². The van der Waals surface area contributed by atoms with Crippen LogP contribution < -0.4 is 10.2 Å². The van der Waals surface area contributed by atoms with E-state index in [1.165, 1.54) is 18.8 Å². The molecule has 17 heavy (non-hydrogen) atoms. The lowest BCUT2D eigenvalue weighted by atomic mass is 10.0. The lowest BCUT2D eigenvalue weighted by Crippen LogP contribution is -2.62. The van der Waals surface area contributed by atoms with E-state index in [4.69, 9.17) is 11.6 Å². The highest BCUT2D eigenvalue weighted by atomic mass is 35.5. The summed E-state index contributed by atoms with van der Waals surface area (Å²) >= 11 is 6.20. The molecule has 1 aromatic rings. The predicted molar refractivity (Wildman–Crippen MR) is 71.9 cm³/mol. The molecule has 2 fully saturated rings. The molecule has 1 N–H and O–H groups in total. The van der Waals surface area contributed by atoms with Crippen molar-refractivity contribution in [3.05, 3.63) is 29.3 Å². The van der Waals surface area contributed by atoms with E-state index in [1.54, 1.807) is 0 Å². The number of halogens is 1. The minimum atomic E-state index is 0.716. The predicted octanol–water partition coefficient (Wildman–Crippen LogP) is 1.43. The van der Waals surface area contributed by atoms with Gasteiger partial charge in [-0.05, 0) is 12.1 Å². The molecule has 92 valence electrons. The number of rotatable bonds is 2. The second-order valence-electron chi connectivity index (χ2n) is 4.80. The highest BCUT2D eigenvalue weighted by Crippen LogP contribution is 2.30. The molecule has 3 rings (SSSR count). The van der Waals surface area contributed by atoms with Gasteiger partial charge in [0.25, 0.3) is 0 Å². The third-order valence-electron chi connectivity index (χ3n) is 3.72. The van der Waals surface area contributed by atoms with E-state index in [1.807, 2.05) is 12.1 Å². The van der Waals surface area contributed by atoms with Crippen molar-refractivity contribution >= 4 is 17.3 Å². The molecule has 2 heterocycles. The van der Waals surface area contributed by atoms with Crippen LogP contribution >= 0.6 is 11.6 Å². The first-order valence-corrected chi connectivity index (χ1v) is 6.66. The van der Waals surface area contributed by atoms with E-state index in [2.05, 4.69) is 27.2 Å². The molecule has 0 spiro atoms. The summed E-state index contributed by atoms with van der Waals surface area (Å²) in [4.78, 5) is 4.96. The Kier molecular flexibility index (Phi) is 3.23. The fourth-order valence-electron chi connectivity index (χ4n) is 2.64. The van der Waals surface area contributed by atoms with Crippen LogP contribution in [0.4, 0.5) is 5.69 Å². The molecule has 2 saturated heterocycles. The Balaban J connectivity index is 1.59. The van der Waals surface area contributed by atoms with Crippen LogP contribution in [-0.4, -0.2) is 50.2 Å². The maximum Gasteiger partial charge on any atom is 0.0639 e. The van der Waals surface area contributed by atoms with Crippen molar-refractivity contribution in [3.8, 4) is 0 Å². The fourth-order valence-corrected chi connectivity index (χ4v) is 2.89. The Hall–Kier alpha value is -0.770. The van der Waals surface area contributed by atoms with Crippen molar-refractivity contribution in [1.29, 1.82) is 0 Å². The van der Waals surface area contributed by atoms with Crippen molar-refractivity contribution in [2.24, 2.45) is 0 Å². The molecule has 4 heteroatoms. The lowest BCUT2D eigenvalue weighted by Gasteiger charge is -2.48. The SMILES string of the molecule is Clc1ccccc1N1CC(N2CCNCC2)C1. The minimum absolute atomic E-state index is 0.716. The van der Waals surface area contributed by atoms with Crippen LogP contribution in [0.1, 0.15) is 0 Å². The molecule has 0 radical (unpaired) electrons. The monoisotopic (exact) mass is 251 g/mol. The Morgan fingerprint density at radius 3 is 2.53 bits per heavy atom. The average molecular weight is 252 g/mol. The summed E-state index contributed by atoms with van der Waals surface area (Å²) in [5.41, 5.74) is 1.18. The highest BCUT2D eigenvalue weighted by Gasteiger charge is 2.32. The topological polar surface area (TPSA) is 18.5 Å². The smallest absolute Gasteiger partial charge is 0.0639 e. The number of anilines is 1. The maximum atomic E-state index is 6.20. The number of nitrogens with zero attached hydrogens (tertiary/aromatic N) is 2. The third kappa shape index (κ3) is 2.28. The van der Waals surface area contributed by atoms with E-state index in [9.17, 15) is 0 Å². The van der Waals surface area contributed by atoms with Gasteiger partial charge in [-0.1, -0.05) is 23.7 Å². The van der Waals surface area contributed by atoms with Gasteiger partial charge in [0.05, 0.1) is 10.7 Å². The first-order valence-electron chi connectivity index (χ1n) is 6.29. The van der Waals surface area contributed by atoms with Crippen LogP contribution in [0.2, 0.25) is 5.02 Å². The van der Waals surface area contributed by atoms with Gasteiger partial charge in [-0.25, -0.2) is 0 Å². The molecule has 0 aromatic heterocycles. The van der Waals surface area contributed by atoms with E-state index in [-0.39, 0.29) is 0 Å². The second kappa shape index (κ2) is 4.84. The Morgan fingerprint density at radius 1 is 1.12 bits per heavy atom. The largest absolute Gasteiger partial charge is 0.367 e. The quantitative estimate of drug-likeness (QED) is 0.858. The molecule has 1 aromatic carbocycles. The fraction of sp³-hybridized carbons (Fsp3) is 0.538. The van der Waals surface area contributed by atoms with Crippen LogP contribution in [0.5, 0.6) is 0 Å². The first-order chi connectivity index (χ1) is 8.34. The average Bonchev–Trinajstić information content (AvgIpc) is 2.31. The van der Waals surface area contributed by atoms with Gasteiger partial charge in [0.1, 0.15) is 0 Å². The zero-order valence-corrected chi connectivity index (χ0v) is 10.7. The van der Waals surface area contributed by atoms with Crippen LogP contribution in [0.3, 0.4) is 0 Å². The van der Waals surface area contributed by atoms with Crippen LogP contribution in [0.25, 0.3) is 0 Å². The molecule has 0 saturated carbocycles. The molecule has 0 bridgehead atoms. The van der Waals surface area contributed by atoms with Crippen LogP contribution in [0.15, 0.2) is 24.3 Å². The number of hydrogen-bond acceptors (Lipinski definition) is 3. The Labute approximate surface area is 107 Å². The van der Waals surface area contributed by atoms with Gasteiger partial charge in [0.15, 0.2) is 0 Å². The minimum Gasteiger partial charge on any atom is -0.367 e. The van der Waals surface area contributed by atoms with Gasteiger partial charge in [-0.3, -0.25) is 4.90 Å². The lowest BCUT2D eigenvalue weighted by molar-refractivity contribution is 0.147. The summed E-state index contributed by atoms with van der Waals surface area (Å²) < 4.78 is 0. The molecular weight excluding hydrogens is 234 g/mol. The van der Waals surface area contributed by atoms with E-state index < -0.39 is 0 Å². The molecule has 0 atom stereocenters. The van der Waals surface area contributed by atoms with Crippen molar-refractivity contribution < 1.29 is 0 Å². The number of para-hydroxylation sites is 1. The van der Waals surface area contributed by atoms with Crippen molar-refractivity contribution in [1.82, 2.24) is 10.2 Å². The molecule has 0 amide bonds. The van der Waals surface area contributed by atoms with E-state index in [0.717, 1.165) is 31.2 Å². The molecule has 2 aliphatic rings. The summed E-state index contributed by atoms with van der Waals surface area (Å²) in [5.74, 6) is 0. The van der Waals surface area contributed by atoms with E-state index >= 15 is 0 Å². The van der Waals surface area contributed by atoms with Crippen LogP contribution in [0, 0.1) is 0 Å². The second-order valence-corrected chi connectivity index (χ2v) is 5.20. The van der Waals surface area contributed by atoms with Gasteiger partial charge < -0.3 is 10.2 Å². The Bertz CT molecular complexity index is 384. The summed E-state index contributed by atoms with van der Waals surface area (Å²) in [5, 5.41) is 4.26. The molecular formula is C13H18ClN3. The van der Waals surface area contributed by atoms with Gasteiger partial charge in [0.2, 0.25) is 0 Å². The zero-order chi connectivity index (χ0) is 11.7. The van der Waals surface area contributed by atoms with Gasteiger partial charge in [-0.2, -0.15) is 0 Å².